The average Bonchev–Trinajstić information content (AvgIpc) is 3.02. The van der Waals surface area contributed by atoms with Gasteiger partial charge in [-0.05, 0) is 43.3 Å². The van der Waals surface area contributed by atoms with Crippen molar-refractivity contribution in [2.45, 2.75) is 13.5 Å². The number of benzene rings is 2. The monoisotopic (exact) mass is 393 g/mol. The molecule has 3 aromatic rings. The molecule has 1 heterocycles. The van der Waals surface area contributed by atoms with Gasteiger partial charge in [0.15, 0.2) is 0 Å². The van der Waals surface area contributed by atoms with Gasteiger partial charge in [0.05, 0.1) is 11.9 Å². The highest BCUT2D eigenvalue weighted by Crippen LogP contribution is 2.23. The molecule has 0 fully saturated rings. The predicted molar refractivity (Wildman–Crippen MR) is 100 cm³/mol. The summed E-state index contributed by atoms with van der Waals surface area (Å²) in [6.07, 6.45) is 1.53. The normalized spacial score (nSPS) is 11.1. The molecule has 0 saturated carbocycles. The Labute approximate surface area is 158 Å². The van der Waals surface area contributed by atoms with Crippen LogP contribution in [0.15, 0.2) is 46.9 Å². The van der Waals surface area contributed by atoms with Gasteiger partial charge in [0.2, 0.25) is 5.13 Å². The maximum absolute atomic E-state index is 13.7. The van der Waals surface area contributed by atoms with E-state index in [0.29, 0.717) is 21.5 Å². The van der Waals surface area contributed by atoms with Crippen LogP contribution in [0.25, 0.3) is 0 Å². The average molecular weight is 394 g/mol. The topological polar surface area (TPSA) is 46.5 Å². The van der Waals surface area contributed by atoms with Crippen LogP contribution in [0.4, 0.5) is 13.9 Å². The van der Waals surface area contributed by atoms with Crippen LogP contribution in [-0.4, -0.2) is 11.2 Å². The van der Waals surface area contributed by atoms with Crippen molar-refractivity contribution in [3.63, 3.8) is 0 Å². The van der Waals surface area contributed by atoms with Crippen LogP contribution in [0.3, 0.4) is 0 Å². The van der Waals surface area contributed by atoms with Gasteiger partial charge in [0.25, 0.3) is 0 Å². The molecular weight excluding hydrogens is 380 g/mol. The van der Waals surface area contributed by atoms with Crippen molar-refractivity contribution in [2.24, 2.45) is 5.10 Å². The molecule has 0 radical (unpaired) electrons. The van der Waals surface area contributed by atoms with Crippen LogP contribution in [0.2, 0.25) is 5.02 Å². The Bertz CT molecular complexity index is 946. The number of ether oxygens (including phenoxy) is 1. The summed E-state index contributed by atoms with van der Waals surface area (Å²) in [6, 6.07) is 8.19. The number of anilines is 1. The van der Waals surface area contributed by atoms with E-state index in [-0.39, 0.29) is 12.2 Å². The smallest absolute Gasteiger partial charge is 0.203 e. The number of hydrogen-bond acceptors (Lipinski definition) is 5. The zero-order valence-corrected chi connectivity index (χ0v) is 15.2. The highest BCUT2D eigenvalue weighted by molar-refractivity contribution is 7.13. The fourth-order valence-electron chi connectivity index (χ4n) is 2.12. The van der Waals surface area contributed by atoms with Crippen molar-refractivity contribution in [3.8, 4) is 5.75 Å². The summed E-state index contributed by atoms with van der Waals surface area (Å²) in [5.74, 6) is -0.610. The Morgan fingerprint density at radius 1 is 1.27 bits per heavy atom. The van der Waals surface area contributed by atoms with Crippen LogP contribution in [0, 0.1) is 18.6 Å². The third-order valence-electron chi connectivity index (χ3n) is 3.35. The molecule has 134 valence electrons. The standard InChI is InChI=1S/C18H14ClF2N3OS/c1-11-10-26-18(23-11)24-22-8-12-6-14(19)2-5-17(12)25-9-13-7-15(20)3-4-16(13)21/h2-8,10H,9H2,1H3,(H,23,24). The highest BCUT2D eigenvalue weighted by atomic mass is 35.5. The van der Waals surface area contributed by atoms with Gasteiger partial charge < -0.3 is 4.74 Å². The number of hydrogen-bond donors (Lipinski definition) is 1. The largest absolute Gasteiger partial charge is 0.488 e. The van der Waals surface area contributed by atoms with Gasteiger partial charge in [-0.15, -0.1) is 11.3 Å². The van der Waals surface area contributed by atoms with E-state index in [0.717, 1.165) is 23.9 Å². The number of aromatic nitrogens is 1. The Balaban J connectivity index is 1.74. The molecule has 3 rings (SSSR count). The highest BCUT2D eigenvalue weighted by Gasteiger charge is 2.08. The first-order valence-electron chi connectivity index (χ1n) is 7.59. The molecule has 0 aliphatic carbocycles. The van der Waals surface area contributed by atoms with E-state index in [2.05, 4.69) is 15.5 Å². The van der Waals surface area contributed by atoms with Crippen molar-refractivity contribution >= 4 is 34.3 Å². The van der Waals surface area contributed by atoms with Crippen LogP contribution < -0.4 is 10.2 Å². The van der Waals surface area contributed by atoms with E-state index < -0.39 is 11.6 Å². The number of aryl methyl sites for hydroxylation is 1. The van der Waals surface area contributed by atoms with Crippen molar-refractivity contribution in [2.75, 3.05) is 5.43 Å². The van der Waals surface area contributed by atoms with E-state index in [1.54, 1.807) is 18.2 Å². The van der Waals surface area contributed by atoms with E-state index in [4.69, 9.17) is 16.3 Å². The fourth-order valence-corrected chi connectivity index (χ4v) is 2.94. The lowest BCUT2D eigenvalue weighted by Crippen LogP contribution is -2.02. The van der Waals surface area contributed by atoms with E-state index in [9.17, 15) is 8.78 Å². The van der Waals surface area contributed by atoms with Gasteiger partial charge in [-0.25, -0.2) is 13.8 Å². The maximum Gasteiger partial charge on any atom is 0.203 e. The maximum atomic E-state index is 13.7. The lowest BCUT2D eigenvalue weighted by molar-refractivity contribution is 0.298. The molecule has 0 spiro atoms. The first-order chi connectivity index (χ1) is 12.5. The predicted octanol–water partition coefficient (Wildman–Crippen LogP) is 5.41. The summed E-state index contributed by atoms with van der Waals surface area (Å²) in [5.41, 5.74) is 4.44. The van der Waals surface area contributed by atoms with Crippen LogP contribution >= 0.6 is 22.9 Å². The van der Waals surface area contributed by atoms with E-state index >= 15 is 0 Å². The fraction of sp³-hybridized carbons (Fsp3) is 0.111. The third kappa shape index (κ3) is 4.77. The van der Waals surface area contributed by atoms with E-state index in [1.807, 2.05) is 12.3 Å². The van der Waals surface area contributed by atoms with Gasteiger partial charge in [0, 0.05) is 21.5 Å². The molecule has 26 heavy (non-hydrogen) atoms. The Kier molecular flexibility index (Phi) is 5.80. The minimum Gasteiger partial charge on any atom is -0.488 e. The van der Waals surface area contributed by atoms with Gasteiger partial charge in [-0.1, -0.05) is 11.6 Å². The summed E-state index contributed by atoms with van der Waals surface area (Å²) in [4.78, 5) is 4.23. The second kappa shape index (κ2) is 8.25. The van der Waals surface area contributed by atoms with Crippen molar-refractivity contribution in [1.82, 2.24) is 4.98 Å². The molecular formula is C18H14ClF2N3OS. The number of thiazole rings is 1. The number of halogens is 3. The Morgan fingerprint density at radius 3 is 2.88 bits per heavy atom. The summed E-state index contributed by atoms with van der Waals surface area (Å²) in [5, 5.41) is 7.17. The summed E-state index contributed by atoms with van der Waals surface area (Å²) in [7, 11) is 0. The second-order valence-electron chi connectivity index (χ2n) is 5.37. The molecule has 1 N–H and O–H groups in total. The lowest BCUT2D eigenvalue weighted by Gasteiger charge is -2.10. The van der Waals surface area contributed by atoms with Crippen molar-refractivity contribution in [3.05, 3.63) is 75.3 Å². The van der Waals surface area contributed by atoms with Crippen LogP contribution in [0.5, 0.6) is 5.75 Å². The molecule has 8 heteroatoms. The molecule has 0 saturated heterocycles. The molecule has 1 aromatic heterocycles. The third-order valence-corrected chi connectivity index (χ3v) is 4.45. The molecule has 0 amide bonds. The van der Waals surface area contributed by atoms with Crippen molar-refractivity contribution in [1.29, 1.82) is 0 Å². The first kappa shape index (κ1) is 18.3. The zero-order valence-electron chi connectivity index (χ0n) is 13.7. The molecule has 2 aromatic carbocycles. The first-order valence-corrected chi connectivity index (χ1v) is 8.84. The second-order valence-corrected chi connectivity index (χ2v) is 6.67. The summed E-state index contributed by atoms with van der Waals surface area (Å²) >= 11 is 7.45. The summed E-state index contributed by atoms with van der Waals surface area (Å²) in [6.45, 7) is 1.77. The number of nitrogens with one attached hydrogen (secondary N) is 1. The molecule has 0 unspecified atom stereocenters. The molecule has 4 nitrogen and oxygen atoms in total. The number of nitrogens with zero attached hydrogens (tertiary/aromatic N) is 2. The molecule has 0 atom stereocenters. The number of rotatable bonds is 6. The molecule has 0 aliphatic rings. The van der Waals surface area contributed by atoms with Crippen LogP contribution in [-0.2, 0) is 6.61 Å². The Hall–Kier alpha value is -2.51. The molecule has 0 bridgehead atoms. The lowest BCUT2D eigenvalue weighted by atomic mass is 10.2. The molecule has 0 aliphatic heterocycles. The SMILES string of the molecule is Cc1csc(NN=Cc2cc(Cl)ccc2OCc2cc(F)ccc2F)n1. The number of hydrazone groups is 1. The van der Waals surface area contributed by atoms with Crippen LogP contribution in [0.1, 0.15) is 16.8 Å². The van der Waals surface area contributed by atoms with Crippen molar-refractivity contribution < 1.29 is 13.5 Å². The zero-order chi connectivity index (χ0) is 18.5. The summed E-state index contributed by atoms with van der Waals surface area (Å²) < 4.78 is 32.6. The Morgan fingerprint density at radius 2 is 2.12 bits per heavy atom. The van der Waals surface area contributed by atoms with Gasteiger partial charge in [-0.2, -0.15) is 5.10 Å². The van der Waals surface area contributed by atoms with Gasteiger partial charge in [-0.3, -0.25) is 5.43 Å². The quantitative estimate of drug-likeness (QED) is 0.450. The minimum atomic E-state index is -0.531. The van der Waals surface area contributed by atoms with Gasteiger partial charge in [0.1, 0.15) is 24.0 Å². The van der Waals surface area contributed by atoms with Gasteiger partial charge >= 0.3 is 0 Å². The van der Waals surface area contributed by atoms with E-state index in [1.165, 1.54) is 17.6 Å². The minimum absolute atomic E-state index is 0.120.